The molecule has 18 heavy (non-hydrogen) atoms. The van der Waals surface area contributed by atoms with Crippen LogP contribution in [-0.4, -0.2) is 24.1 Å². The summed E-state index contributed by atoms with van der Waals surface area (Å²) >= 11 is 0. The van der Waals surface area contributed by atoms with Gasteiger partial charge in [0, 0.05) is 12.7 Å². The quantitative estimate of drug-likeness (QED) is 0.814. The highest BCUT2D eigenvalue weighted by Gasteiger charge is 2.44. The number of carbonyl (C=O) groups excluding carboxylic acids is 1. The van der Waals surface area contributed by atoms with Crippen LogP contribution in [0, 0.1) is 11.3 Å². The summed E-state index contributed by atoms with van der Waals surface area (Å²) in [4.78, 5) is 15.7. The molecule has 0 radical (unpaired) electrons. The monoisotopic (exact) mass is 248 g/mol. The molecule has 0 bridgehead atoms. The van der Waals surface area contributed by atoms with E-state index in [2.05, 4.69) is 24.1 Å². The van der Waals surface area contributed by atoms with E-state index in [0.717, 1.165) is 18.3 Å². The molecule has 1 N–H and O–H groups in total. The molecule has 98 valence electrons. The smallest absolute Gasteiger partial charge is 0.339 e. The van der Waals surface area contributed by atoms with Crippen molar-refractivity contribution in [2.24, 2.45) is 11.3 Å². The van der Waals surface area contributed by atoms with E-state index in [0.29, 0.717) is 17.6 Å². The lowest BCUT2D eigenvalue weighted by Crippen LogP contribution is -2.09. The highest BCUT2D eigenvalue weighted by molar-refractivity contribution is 5.89. The van der Waals surface area contributed by atoms with Crippen LogP contribution in [-0.2, 0) is 4.74 Å². The molecule has 0 spiro atoms. The molecule has 0 amide bonds. The molecule has 1 aliphatic rings. The van der Waals surface area contributed by atoms with E-state index in [1.165, 1.54) is 6.42 Å². The first kappa shape index (κ1) is 12.9. The number of nitrogens with zero attached hydrogens (tertiary/aromatic N) is 1. The van der Waals surface area contributed by atoms with Gasteiger partial charge < -0.3 is 10.1 Å². The van der Waals surface area contributed by atoms with Crippen LogP contribution in [0.4, 0.5) is 5.82 Å². The third-order valence-electron chi connectivity index (χ3n) is 3.52. The maximum absolute atomic E-state index is 11.4. The number of ether oxygens (including phenoxy) is 1. The van der Waals surface area contributed by atoms with Crippen LogP contribution in [0.2, 0.25) is 0 Å². The largest absolute Gasteiger partial charge is 0.462 e. The molecular weight excluding hydrogens is 228 g/mol. The molecule has 1 heterocycles. The molecule has 0 saturated heterocycles. The van der Waals surface area contributed by atoms with Crippen molar-refractivity contribution in [2.75, 3.05) is 18.5 Å². The van der Waals surface area contributed by atoms with Crippen molar-refractivity contribution in [1.29, 1.82) is 0 Å². The van der Waals surface area contributed by atoms with Crippen LogP contribution in [0.5, 0.6) is 0 Å². The number of aromatic nitrogens is 1. The summed E-state index contributed by atoms with van der Waals surface area (Å²) in [6, 6.07) is 3.56. The van der Waals surface area contributed by atoms with E-state index in [-0.39, 0.29) is 5.97 Å². The van der Waals surface area contributed by atoms with Crippen LogP contribution in [0.3, 0.4) is 0 Å². The number of hydrogen-bond acceptors (Lipinski definition) is 4. The van der Waals surface area contributed by atoms with Crippen molar-refractivity contribution in [3.8, 4) is 0 Å². The Balaban J connectivity index is 1.86. The van der Waals surface area contributed by atoms with Crippen molar-refractivity contribution >= 4 is 11.8 Å². The summed E-state index contributed by atoms with van der Waals surface area (Å²) < 4.78 is 4.90. The second-order valence-electron chi connectivity index (χ2n) is 5.42. The first-order chi connectivity index (χ1) is 8.53. The van der Waals surface area contributed by atoms with Crippen molar-refractivity contribution in [3.63, 3.8) is 0 Å². The minimum Gasteiger partial charge on any atom is -0.462 e. The Labute approximate surface area is 108 Å². The van der Waals surface area contributed by atoms with E-state index in [1.807, 2.05) is 6.07 Å². The summed E-state index contributed by atoms with van der Waals surface area (Å²) in [6.07, 6.45) is 2.82. The molecule has 1 atom stereocenters. The molecule has 1 aromatic heterocycles. The zero-order valence-corrected chi connectivity index (χ0v) is 11.2. The van der Waals surface area contributed by atoms with E-state index in [1.54, 1.807) is 19.2 Å². The van der Waals surface area contributed by atoms with Gasteiger partial charge in [-0.15, -0.1) is 0 Å². The Morgan fingerprint density at radius 3 is 2.78 bits per heavy atom. The Morgan fingerprint density at radius 1 is 1.56 bits per heavy atom. The minimum absolute atomic E-state index is 0.320. The average molecular weight is 248 g/mol. The normalized spacial score (nSPS) is 20.3. The van der Waals surface area contributed by atoms with Crippen molar-refractivity contribution in [3.05, 3.63) is 23.9 Å². The Hall–Kier alpha value is -1.58. The molecule has 0 aromatic carbocycles. The van der Waals surface area contributed by atoms with Crippen LogP contribution in [0.25, 0.3) is 0 Å². The van der Waals surface area contributed by atoms with Gasteiger partial charge in [0.15, 0.2) is 0 Å². The average Bonchev–Trinajstić information content (AvgIpc) is 2.95. The van der Waals surface area contributed by atoms with Crippen LogP contribution >= 0.6 is 0 Å². The Morgan fingerprint density at radius 2 is 2.28 bits per heavy atom. The lowest BCUT2D eigenvalue weighted by Gasteiger charge is -2.07. The lowest BCUT2D eigenvalue weighted by molar-refractivity contribution is 0.0526. The number of nitrogens with one attached hydrogen (secondary N) is 1. The standard InChI is InChI=1S/C14H20N2O2/c1-4-18-13(17)10-5-6-12(15-8-10)16-9-11-7-14(11,2)3/h5-6,8,11H,4,7,9H2,1-3H3,(H,15,16). The summed E-state index contributed by atoms with van der Waals surface area (Å²) in [6.45, 7) is 7.67. The van der Waals surface area contributed by atoms with E-state index < -0.39 is 0 Å². The molecule has 1 fully saturated rings. The first-order valence-electron chi connectivity index (χ1n) is 6.40. The van der Waals surface area contributed by atoms with Gasteiger partial charge >= 0.3 is 5.97 Å². The van der Waals surface area contributed by atoms with Crippen LogP contribution in [0.15, 0.2) is 18.3 Å². The zero-order chi connectivity index (χ0) is 13.2. The molecule has 0 aliphatic heterocycles. The molecular formula is C14H20N2O2. The van der Waals surface area contributed by atoms with Gasteiger partial charge in [-0.25, -0.2) is 9.78 Å². The van der Waals surface area contributed by atoms with E-state index in [9.17, 15) is 4.79 Å². The number of hydrogen-bond donors (Lipinski definition) is 1. The van der Waals surface area contributed by atoms with Crippen LogP contribution < -0.4 is 5.32 Å². The minimum atomic E-state index is -0.320. The van der Waals surface area contributed by atoms with Gasteiger partial charge in [0.1, 0.15) is 5.82 Å². The highest BCUT2D eigenvalue weighted by Crippen LogP contribution is 2.51. The summed E-state index contributed by atoms with van der Waals surface area (Å²) in [7, 11) is 0. The zero-order valence-electron chi connectivity index (χ0n) is 11.2. The van der Waals surface area contributed by atoms with Crippen molar-refractivity contribution in [1.82, 2.24) is 4.98 Å². The first-order valence-corrected chi connectivity index (χ1v) is 6.40. The van der Waals surface area contributed by atoms with Gasteiger partial charge in [0.25, 0.3) is 0 Å². The van der Waals surface area contributed by atoms with Gasteiger partial charge in [-0.1, -0.05) is 13.8 Å². The van der Waals surface area contributed by atoms with Gasteiger partial charge in [-0.2, -0.15) is 0 Å². The van der Waals surface area contributed by atoms with Crippen LogP contribution in [0.1, 0.15) is 37.6 Å². The Bertz CT molecular complexity index is 426. The SMILES string of the molecule is CCOC(=O)c1ccc(NCC2CC2(C)C)nc1. The molecule has 4 heteroatoms. The maximum atomic E-state index is 11.4. The second kappa shape index (κ2) is 4.96. The summed E-state index contributed by atoms with van der Waals surface area (Å²) in [5.74, 6) is 1.22. The van der Waals surface area contributed by atoms with Crippen molar-refractivity contribution in [2.45, 2.75) is 27.2 Å². The predicted octanol–water partition coefficient (Wildman–Crippen LogP) is 2.72. The second-order valence-corrected chi connectivity index (χ2v) is 5.42. The van der Waals surface area contributed by atoms with Gasteiger partial charge in [-0.3, -0.25) is 0 Å². The van der Waals surface area contributed by atoms with Gasteiger partial charge in [-0.05, 0) is 36.8 Å². The topological polar surface area (TPSA) is 51.2 Å². The fourth-order valence-electron chi connectivity index (χ4n) is 1.99. The third kappa shape index (κ3) is 3.00. The predicted molar refractivity (Wildman–Crippen MR) is 70.6 cm³/mol. The fourth-order valence-corrected chi connectivity index (χ4v) is 1.99. The third-order valence-corrected chi connectivity index (χ3v) is 3.52. The van der Waals surface area contributed by atoms with E-state index in [4.69, 9.17) is 4.74 Å². The van der Waals surface area contributed by atoms with Gasteiger partial charge in [0.05, 0.1) is 12.2 Å². The summed E-state index contributed by atoms with van der Waals surface area (Å²) in [5.41, 5.74) is 0.965. The number of rotatable bonds is 5. The highest BCUT2D eigenvalue weighted by atomic mass is 16.5. The summed E-state index contributed by atoms with van der Waals surface area (Å²) in [5, 5.41) is 3.30. The fraction of sp³-hybridized carbons (Fsp3) is 0.571. The van der Waals surface area contributed by atoms with E-state index >= 15 is 0 Å². The molecule has 1 aliphatic carbocycles. The molecule has 1 unspecified atom stereocenters. The number of pyridine rings is 1. The number of carbonyl (C=O) groups is 1. The number of esters is 1. The van der Waals surface area contributed by atoms with Crippen molar-refractivity contribution < 1.29 is 9.53 Å². The maximum Gasteiger partial charge on any atom is 0.339 e. The molecule has 1 saturated carbocycles. The molecule has 1 aromatic rings. The molecule has 2 rings (SSSR count). The molecule has 4 nitrogen and oxygen atoms in total. The van der Waals surface area contributed by atoms with Gasteiger partial charge in [0.2, 0.25) is 0 Å². The number of anilines is 1. The lowest BCUT2D eigenvalue weighted by atomic mass is 10.1. The Kier molecular flexibility index (Phi) is 3.55.